The molecule has 2 aromatic rings. The van der Waals surface area contributed by atoms with Gasteiger partial charge in [0.05, 0.1) is 0 Å². The van der Waals surface area contributed by atoms with Gasteiger partial charge < -0.3 is 0 Å². The number of halogens is 4. The average Bonchev–Trinajstić information content (AvgIpc) is 2.43. The molecule has 0 N–H and O–H groups in total. The molecule has 1 atom stereocenters. The van der Waals surface area contributed by atoms with Gasteiger partial charge in [-0.2, -0.15) is 0 Å². The molecule has 106 valence electrons. The molecule has 0 spiro atoms. The molecule has 2 aromatic carbocycles. The first-order valence-electron chi connectivity index (χ1n) is 6.33. The Morgan fingerprint density at radius 2 is 1.65 bits per heavy atom. The lowest BCUT2D eigenvalue weighted by molar-refractivity contribution is 0.584. The van der Waals surface area contributed by atoms with Crippen LogP contribution in [-0.2, 0) is 12.8 Å². The van der Waals surface area contributed by atoms with E-state index in [2.05, 4.69) is 40.2 Å². The fourth-order valence-electron chi connectivity index (χ4n) is 2.13. The summed E-state index contributed by atoms with van der Waals surface area (Å²) in [6.07, 6.45) is 1.80. The topological polar surface area (TPSA) is 0 Å². The predicted octanol–water partition coefficient (Wildman–Crippen LogP) is 6.40. The molecule has 0 saturated heterocycles. The number of rotatable bonds is 5. The molecular formula is C16H14BrCl3. The molecule has 0 fully saturated rings. The van der Waals surface area contributed by atoms with Crippen LogP contribution in [0.1, 0.15) is 11.1 Å². The average molecular weight is 393 g/mol. The zero-order valence-corrected chi connectivity index (χ0v) is 14.6. The molecule has 0 nitrogen and oxygen atoms in total. The Labute approximate surface area is 143 Å². The van der Waals surface area contributed by atoms with Gasteiger partial charge in [-0.3, -0.25) is 0 Å². The van der Waals surface area contributed by atoms with Crippen LogP contribution in [0.2, 0.25) is 10.0 Å². The smallest absolute Gasteiger partial charge is 0.0452 e. The monoisotopic (exact) mass is 390 g/mol. The first-order valence-corrected chi connectivity index (χ1v) is 8.41. The molecule has 2 rings (SSSR count). The minimum atomic E-state index is 0.358. The molecule has 0 heterocycles. The molecule has 0 amide bonds. The Bertz CT molecular complexity index is 566. The minimum absolute atomic E-state index is 0.358. The van der Waals surface area contributed by atoms with Crippen molar-refractivity contribution in [1.29, 1.82) is 0 Å². The third kappa shape index (κ3) is 4.66. The summed E-state index contributed by atoms with van der Waals surface area (Å²) < 4.78 is 1.09. The van der Waals surface area contributed by atoms with Crippen LogP contribution < -0.4 is 0 Å². The highest BCUT2D eigenvalue weighted by atomic mass is 79.9. The molecule has 0 bridgehead atoms. The second-order valence-corrected chi connectivity index (χ2v) is 6.86. The zero-order chi connectivity index (χ0) is 14.5. The van der Waals surface area contributed by atoms with Gasteiger partial charge in [-0.15, -0.1) is 11.6 Å². The zero-order valence-electron chi connectivity index (χ0n) is 10.8. The van der Waals surface area contributed by atoms with E-state index in [0.29, 0.717) is 21.8 Å². The highest BCUT2D eigenvalue weighted by Crippen LogP contribution is 2.25. The largest absolute Gasteiger partial charge is 0.126 e. The lowest BCUT2D eigenvalue weighted by Gasteiger charge is -2.15. The van der Waals surface area contributed by atoms with E-state index in [1.807, 2.05) is 12.1 Å². The predicted molar refractivity (Wildman–Crippen MR) is 92.2 cm³/mol. The molecule has 0 radical (unpaired) electrons. The number of hydrogen-bond donors (Lipinski definition) is 0. The molecule has 0 aliphatic heterocycles. The lowest BCUT2D eigenvalue weighted by atomic mass is 9.94. The summed E-state index contributed by atoms with van der Waals surface area (Å²) in [6, 6.07) is 14.0. The van der Waals surface area contributed by atoms with Gasteiger partial charge in [0.2, 0.25) is 0 Å². The van der Waals surface area contributed by atoms with E-state index < -0.39 is 0 Å². The third-order valence-electron chi connectivity index (χ3n) is 3.18. The van der Waals surface area contributed by atoms with Crippen LogP contribution in [0.15, 0.2) is 46.9 Å². The van der Waals surface area contributed by atoms with E-state index in [9.17, 15) is 0 Å². The quantitative estimate of drug-likeness (QED) is 0.517. The first-order chi connectivity index (χ1) is 9.58. The van der Waals surface area contributed by atoms with Gasteiger partial charge in [-0.05, 0) is 54.2 Å². The summed E-state index contributed by atoms with van der Waals surface area (Å²) in [5.41, 5.74) is 2.38. The Hall–Kier alpha value is -0.210. The van der Waals surface area contributed by atoms with Gasteiger partial charge in [-0.25, -0.2) is 0 Å². The van der Waals surface area contributed by atoms with Gasteiger partial charge in [-0.1, -0.05) is 57.3 Å². The van der Waals surface area contributed by atoms with E-state index in [1.54, 1.807) is 6.07 Å². The third-order valence-corrected chi connectivity index (χ3v) is 4.73. The highest BCUT2D eigenvalue weighted by molar-refractivity contribution is 9.10. The fourth-order valence-corrected chi connectivity index (χ4v) is 3.10. The van der Waals surface area contributed by atoms with Crippen molar-refractivity contribution < 1.29 is 0 Å². The SMILES string of the molecule is ClCC(Cc1ccc(Br)cc1)Cc1ccc(Cl)cc1Cl. The summed E-state index contributed by atoms with van der Waals surface area (Å²) in [4.78, 5) is 0. The molecule has 20 heavy (non-hydrogen) atoms. The van der Waals surface area contributed by atoms with Crippen molar-refractivity contribution in [1.82, 2.24) is 0 Å². The summed E-state index contributed by atoms with van der Waals surface area (Å²) in [5.74, 6) is 0.964. The van der Waals surface area contributed by atoms with Crippen molar-refractivity contribution in [3.8, 4) is 0 Å². The van der Waals surface area contributed by atoms with Gasteiger partial charge in [0, 0.05) is 20.4 Å². The van der Waals surface area contributed by atoms with E-state index in [0.717, 1.165) is 22.9 Å². The first kappa shape index (κ1) is 16.2. The van der Waals surface area contributed by atoms with E-state index in [-0.39, 0.29) is 0 Å². The standard InChI is InChI=1S/C16H14BrCl3/c17-14-4-1-11(2-5-14)7-12(10-18)8-13-3-6-15(19)9-16(13)20/h1-6,9,12H,7-8,10H2. The second kappa shape index (κ2) is 7.70. The maximum atomic E-state index is 6.22. The Kier molecular flexibility index (Phi) is 6.22. The second-order valence-electron chi connectivity index (χ2n) is 4.79. The van der Waals surface area contributed by atoms with E-state index in [1.165, 1.54) is 5.56 Å². The van der Waals surface area contributed by atoms with Crippen molar-refractivity contribution in [2.45, 2.75) is 12.8 Å². The molecular weight excluding hydrogens is 378 g/mol. The summed E-state index contributed by atoms with van der Waals surface area (Å²) in [6.45, 7) is 0. The molecule has 4 heteroatoms. The normalized spacial score (nSPS) is 12.4. The summed E-state index contributed by atoms with van der Waals surface area (Å²) in [5, 5.41) is 1.37. The summed E-state index contributed by atoms with van der Waals surface area (Å²) >= 11 is 21.7. The van der Waals surface area contributed by atoms with Crippen LogP contribution in [0.5, 0.6) is 0 Å². The fraction of sp³-hybridized carbons (Fsp3) is 0.250. The Balaban J connectivity index is 2.07. The van der Waals surface area contributed by atoms with E-state index in [4.69, 9.17) is 34.8 Å². The lowest BCUT2D eigenvalue weighted by Crippen LogP contribution is -2.10. The van der Waals surface area contributed by atoms with E-state index >= 15 is 0 Å². The van der Waals surface area contributed by atoms with Crippen LogP contribution in [0.4, 0.5) is 0 Å². The number of alkyl halides is 1. The van der Waals surface area contributed by atoms with Gasteiger partial charge in [0.15, 0.2) is 0 Å². The van der Waals surface area contributed by atoms with Gasteiger partial charge in [0.25, 0.3) is 0 Å². The maximum absolute atomic E-state index is 6.22. The summed E-state index contributed by atoms with van der Waals surface area (Å²) in [7, 11) is 0. The highest BCUT2D eigenvalue weighted by Gasteiger charge is 2.12. The molecule has 0 aliphatic carbocycles. The van der Waals surface area contributed by atoms with Crippen molar-refractivity contribution in [2.75, 3.05) is 5.88 Å². The molecule has 0 saturated carbocycles. The Morgan fingerprint density at radius 1 is 0.950 bits per heavy atom. The number of hydrogen-bond acceptors (Lipinski definition) is 0. The minimum Gasteiger partial charge on any atom is -0.126 e. The van der Waals surface area contributed by atoms with Crippen molar-refractivity contribution in [3.05, 3.63) is 68.1 Å². The molecule has 1 unspecified atom stereocenters. The molecule has 0 aromatic heterocycles. The van der Waals surface area contributed by atoms with Crippen LogP contribution >= 0.6 is 50.7 Å². The van der Waals surface area contributed by atoms with Crippen LogP contribution in [-0.4, -0.2) is 5.88 Å². The van der Waals surface area contributed by atoms with Gasteiger partial charge in [0.1, 0.15) is 0 Å². The van der Waals surface area contributed by atoms with Gasteiger partial charge >= 0.3 is 0 Å². The van der Waals surface area contributed by atoms with Crippen molar-refractivity contribution >= 4 is 50.7 Å². The van der Waals surface area contributed by atoms with Crippen LogP contribution in [0.25, 0.3) is 0 Å². The van der Waals surface area contributed by atoms with Crippen LogP contribution in [0, 0.1) is 5.92 Å². The molecule has 0 aliphatic rings. The maximum Gasteiger partial charge on any atom is 0.0452 e. The number of benzene rings is 2. The van der Waals surface area contributed by atoms with Crippen molar-refractivity contribution in [2.24, 2.45) is 5.92 Å². The van der Waals surface area contributed by atoms with Crippen molar-refractivity contribution in [3.63, 3.8) is 0 Å². The van der Waals surface area contributed by atoms with Crippen LogP contribution in [0.3, 0.4) is 0 Å². The Morgan fingerprint density at radius 3 is 2.25 bits per heavy atom.